The molecule has 0 saturated heterocycles. The summed E-state index contributed by atoms with van der Waals surface area (Å²) in [5.41, 5.74) is 2.87. The third-order valence-corrected chi connectivity index (χ3v) is 4.02. The van der Waals surface area contributed by atoms with Crippen LogP contribution in [0.2, 0.25) is 0 Å². The summed E-state index contributed by atoms with van der Waals surface area (Å²) in [4.78, 5) is 25.7. The molecule has 0 saturated carbocycles. The van der Waals surface area contributed by atoms with Gasteiger partial charge in [0, 0.05) is 24.9 Å². The minimum absolute atomic E-state index is 0.160. The first kappa shape index (κ1) is 15.2. The van der Waals surface area contributed by atoms with Crippen LogP contribution in [0.4, 0.5) is 5.69 Å². The van der Waals surface area contributed by atoms with Gasteiger partial charge in [0.25, 0.3) is 5.91 Å². The fourth-order valence-electron chi connectivity index (χ4n) is 2.88. The number of carboxylic acids is 1. The molecule has 0 aromatic heterocycles. The van der Waals surface area contributed by atoms with Crippen LogP contribution in [0.1, 0.15) is 27.4 Å². The SMILES string of the molecule is COCc1ccc(C(=O)N2C[C@@H](C(=O)O)c3ccccc32)cc1. The number of aliphatic carboxylic acids is 1. The zero-order valence-corrected chi connectivity index (χ0v) is 12.7. The number of anilines is 1. The minimum atomic E-state index is -0.914. The van der Waals surface area contributed by atoms with Gasteiger partial charge >= 0.3 is 5.97 Å². The Morgan fingerprint density at radius 1 is 1.17 bits per heavy atom. The Balaban J connectivity index is 1.89. The minimum Gasteiger partial charge on any atom is -0.481 e. The Hall–Kier alpha value is -2.66. The molecule has 1 N–H and O–H groups in total. The monoisotopic (exact) mass is 311 g/mol. The summed E-state index contributed by atoms with van der Waals surface area (Å²) in [6.07, 6.45) is 0. The molecule has 23 heavy (non-hydrogen) atoms. The molecule has 0 radical (unpaired) electrons. The zero-order valence-electron chi connectivity index (χ0n) is 12.7. The van der Waals surface area contributed by atoms with E-state index in [1.54, 1.807) is 42.3 Å². The summed E-state index contributed by atoms with van der Waals surface area (Å²) in [6, 6.07) is 14.3. The van der Waals surface area contributed by atoms with Crippen molar-refractivity contribution in [3.05, 3.63) is 65.2 Å². The summed E-state index contributed by atoms with van der Waals surface area (Å²) in [5, 5.41) is 9.37. The molecule has 0 spiro atoms. The average molecular weight is 311 g/mol. The molecule has 5 nitrogen and oxygen atoms in total. The summed E-state index contributed by atoms with van der Waals surface area (Å²) < 4.78 is 5.05. The molecule has 2 aromatic rings. The highest BCUT2D eigenvalue weighted by Gasteiger charge is 2.36. The lowest BCUT2D eigenvalue weighted by molar-refractivity contribution is -0.138. The molecule has 0 unspecified atom stereocenters. The van der Waals surface area contributed by atoms with Crippen molar-refractivity contribution in [1.82, 2.24) is 0 Å². The molecule has 118 valence electrons. The van der Waals surface area contributed by atoms with Crippen LogP contribution in [0.3, 0.4) is 0 Å². The number of para-hydroxylation sites is 1. The maximum absolute atomic E-state index is 12.7. The fourth-order valence-corrected chi connectivity index (χ4v) is 2.88. The number of rotatable bonds is 4. The number of amides is 1. The smallest absolute Gasteiger partial charge is 0.312 e. The Labute approximate surface area is 134 Å². The number of carbonyl (C=O) groups is 2. The summed E-state index contributed by atoms with van der Waals surface area (Å²) in [6.45, 7) is 0.648. The number of nitrogens with zero attached hydrogens (tertiary/aromatic N) is 1. The Morgan fingerprint density at radius 2 is 1.87 bits per heavy atom. The Morgan fingerprint density at radius 3 is 2.52 bits per heavy atom. The van der Waals surface area contributed by atoms with Gasteiger partial charge < -0.3 is 14.7 Å². The zero-order chi connectivity index (χ0) is 16.4. The maximum Gasteiger partial charge on any atom is 0.312 e. The molecule has 1 heterocycles. The molecule has 2 aromatic carbocycles. The van der Waals surface area contributed by atoms with E-state index >= 15 is 0 Å². The number of benzene rings is 2. The van der Waals surface area contributed by atoms with E-state index in [4.69, 9.17) is 4.74 Å². The largest absolute Gasteiger partial charge is 0.481 e. The van der Waals surface area contributed by atoms with Crippen LogP contribution < -0.4 is 4.90 Å². The molecule has 0 bridgehead atoms. The molecule has 1 aliphatic rings. The van der Waals surface area contributed by atoms with Crippen LogP contribution in [0, 0.1) is 0 Å². The maximum atomic E-state index is 12.7. The van der Waals surface area contributed by atoms with Crippen molar-refractivity contribution >= 4 is 17.6 Å². The van der Waals surface area contributed by atoms with Gasteiger partial charge in [-0.25, -0.2) is 0 Å². The van der Waals surface area contributed by atoms with E-state index < -0.39 is 11.9 Å². The molecular weight excluding hydrogens is 294 g/mol. The number of hydrogen-bond acceptors (Lipinski definition) is 3. The molecule has 0 fully saturated rings. The topological polar surface area (TPSA) is 66.8 Å². The van der Waals surface area contributed by atoms with E-state index in [-0.39, 0.29) is 12.5 Å². The molecule has 3 rings (SSSR count). The first-order valence-corrected chi connectivity index (χ1v) is 7.33. The van der Waals surface area contributed by atoms with Crippen LogP contribution >= 0.6 is 0 Å². The molecule has 1 amide bonds. The van der Waals surface area contributed by atoms with Gasteiger partial charge in [-0.3, -0.25) is 9.59 Å². The highest BCUT2D eigenvalue weighted by atomic mass is 16.5. The van der Waals surface area contributed by atoms with Gasteiger partial charge in [0.2, 0.25) is 0 Å². The van der Waals surface area contributed by atoms with E-state index in [0.717, 1.165) is 5.56 Å². The second-order valence-corrected chi connectivity index (χ2v) is 5.50. The normalized spacial score (nSPS) is 16.2. The number of hydrogen-bond donors (Lipinski definition) is 1. The molecular formula is C18H17NO4. The highest BCUT2D eigenvalue weighted by molar-refractivity contribution is 6.08. The molecule has 1 atom stereocenters. The van der Waals surface area contributed by atoms with Gasteiger partial charge in [-0.2, -0.15) is 0 Å². The predicted octanol–water partition coefficient (Wildman–Crippen LogP) is 2.66. The first-order chi connectivity index (χ1) is 11.1. The third-order valence-electron chi connectivity index (χ3n) is 4.02. The predicted molar refractivity (Wildman–Crippen MR) is 85.7 cm³/mol. The van der Waals surface area contributed by atoms with Crippen molar-refractivity contribution in [2.75, 3.05) is 18.6 Å². The number of ether oxygens (including phenoxy) is 1. The lowest BCUT2D eigenvalue weighted by atomic mass is 10.0. The molecule has 5 heteroatoms. The van der Waals surface area contributed by atoms with Crippen molar-refractivity contribution in [2.24, 2.45) is 0 Å². The second-order valence-electron chi connectivity index (χ2n) is 5.50. The van der Waals surface area contributed by atoms with Crippen LogP contribution in [0.25, 0.3) is 0 Å². The summed E-state index contributed by atoms with van der Waals surface area (Å²) >= 11 is 0. The Bertz CT molecular complexity index is 739. The standard InChI is InChI=1S/C18H17NO4/c1-23-11-12-6-8-13(9-7-12)17(20)19-10-15(18(21)22)14-4-2-3-5-16(14)19/h2-9,15H,10-11H2,1H3,(H,21,22)/t15-/m1/s1. The average Bonchev–Trinajstić information content (AvgIpc) is 2.95. The third kappa shape index (κ3) is 2.83. The van der Waals surface area contributed by atoms with Gasteiger partial charge in [-0.1, -0.05) is 30.3 Å². The van der Waals surface area contributed by atoms with Gasteiger partial charge in [-0.05, 0) is 29.3 Å². The van der Waals surface area contributed by atoms with E-state index in [9.17, 15) is 14.7 Å². The fraction of sp³-hybridized carbons (Fsp3) is 0.222. The van der Waals surface area contributed by atoms with E-state index in [1.807, 2.05) is 18.2 Å². The van der Waals surface area contributed by atoms with Crippen molar-refractivity contribution in [2.45, 2.75) is 12.5 Å². The van der Waals surface area contributed by atoms with E-state index in [1.165, 1.54) is 0 Å². The van der Waals surface area contributed by atoms with Gasteiger partial charge in [0.15, 0.2) is 0 Å². The van der Waals surface area contributed by atoms with Crippen LogP contribution in [0.5, 0.6) is 0 Å². The van der Waals surface area contributed by atoms with Crippen LogP contribution in [-0.4, -0.2) is 30.6 Å². The van der Waals surface area contributed by atoms with E-state index in [0.29, 0.717) is 23.4 Å². The number of carboxylic acid groups (broad SMARTS) is 1. The lowest BCUT2D eigenvalue weighted by Crippen LogP contribution is -2.31. The van der Waals surface area contributed by atoms with Gasteiger partial charge in [-0.15, -0.1) is 0 Å². The first-order valence-electron chi connectivity index (χ1n) is 7.33. The van der Waals surface area contributed by atoms with E-state index in [2.05, 4.69) is 0 Å². The van der Waals surface area contributed by atoms with Crippen molar-refractivity contribution in [1.29, 1.82) is 0 Å². The quantitative estimate of drug-likeness (QED) is 0.942. The highest BCUT2D eigenvalue weighted by Crippen LogP contribution is 2.37. The van der Waals surface area contributed by atoms with Crippen molar-refractivity contribution in [3.63, 3.8) is 0 Å². The number of carbonyl (C=O) groups excluding carboxylic acids is 1. The number of fused-ring (bicyclic) bond motifs is 1. The molecule has 1 aliphatic heterocycles. The van der Waals surface area contributed by atoms with Gasteiger partial charge in [0.05, 0.1) is 6.61 Å². The summed E-state index contributed by atoms with van der Waals surface area (Å²) in [7, 11) is 1.62. The van der Waals surface area contributed by atoms with Crippen LogP contribution in [0.15, 0.2) is 48.5 Å². The van der Waals surface area contributed by atoms with Crippen LogP contribution in [-0.2, 0) is 16.1 Å². The lowest BCUT2D eigenvalue weighted by Gasteiger charge is -2.17. The van der Waals surface area contributed by atoms with Gasteiger partial charge in [0.1, 0.15) is 5.92 Å². The second kappa shape index (κ2) is 6.22. The Kier molecular flexibility index (Phi) is 4.12. The summed E-state index contributed by atoms with van der Waals surface area (Å²) in [5.74, 6) is -1.78. The van der Waals surface area contributed by atoms with Crippen molar-refractivity contribution in [3.8, 4) is 0 Å². The van der Waals surface area contributed by atoms with Crippen molar-refractivity contribution < 1.29 is 19.4 Å². The number of methoxy groups -OCH3 is 1. The molecule has 0 aliphatic carbocycles.